The van der Waals surface area contributed by atoms with Gasteiger partial charge in [-0.3, -0.25) is 0 Å². The molecule has 3 aromatic heterocycles. The number of aromatic nitrogens is 3. The Morgan fingerprint density at radius 3 is 2.83 bits per heavy atom. The molecule has 4 heterocycles. The number of fused-ring (bicyclic) bond motifs is 1. The van der Waals surface area contributed by atoms with Crippen LogP contribution in [0.25, 0.3) is 22.2 Å². The molecule has 1 saturated heterocycles. The zero-order valence-electron chi connectivity index (χ0n) is 13.9. The van der Waals surface area contributed by atoms with Crippen molar-refractivity contribution in [1.82, 2.24) is 15.1 Å². The van der Waals surface area contributed by atoms with Gasteiger partial charge in [-0.05, 0) is 50.2 Å². The molecule has 0 amide bonds. The van der Waals surface area contributed by atoms with Gasteiger partial charge in [-0.15, -0.1) is 0 Å². The second-order valence-electron chi connectivity index (χ2n) is 6.46. The summed E-state index contributed by atoms with van der Waals surface area (Å²) in [6.07, 6.45) is 5.42. The number of pyridine rings is 1. The van der Waals surface area contributed by atoms with Crippen molar-refractivity contribution in [1.29, 1.82) is 0 Å². The van der Waals surface area contributed by atoms with Crippen molar-refractivity contribution in [3.63, 3.8) is 0 Å². The average Bonchev–Trinajstić information content (AvgIpc) is 3.17. The van der Waals surface area contributed by atoms with E-state index in [4.69, 9.17) is 4.52 Å². The summed E-state index contributed by atoms with van der Waals surface area (Å²) >= 11 is 1.97. The smallest absolute Gasteiger partial charge is 0.141 e. The molecule has 126 valence electrons. The Kier molecular flexibility index (Phi) is 4.10. The third-order valence-electron chi connectivity index (χ3n) is 4.92. The Morgan fingerprint density at radius 1 is 1.33 bits per heavy atom. The van der Waals surface area contributed by atoms with Crippen LogP contribution >= 0.6 is 11.8 Å². The number of aliphatic hydroxyl groups excluding tert-OH is 1. The molecule has 5 nitrogen and oxygen atoms in total. The van der Waals surface area contributed by atoms with Crippen molar-refractivity contribution in [2.24, 2.45) is 5.92 Å². The topological polar surface area (TPSA) is 74.9 Å². The molecule has 0 saturated carbocycles. The number of aromatic amines is 1. The monoisotopic (exact) mass is 343 g/mol. The molecule has 4 rings (SSSR count). The number of nitrogens with zero attached hydrogens (tertiary/aromatic N) is 2. The molecule has 0 radical (unpaired) electrons. The summed E-state index contributed by atoms with van der Waals surface area (Å²) in [6.45, 7) is 3.84. The van der Waals surface area contributed by atoms with Crippen LogP contribution in [0.4, 0.5) is 0 Å². The van der Waals surface area contributed by atoms with E-state index in [0.717, 1.165) is 63.5 Å². The van der Waals surface area contributed by atoms with Gasteiger partial charge >= 0.3 is 0 Å². The summed E-state index contributed by atoms with van der Waals surface area (Å²) in [5.41, 5.74) is 4.58. The number of nitrogens with one attached hydrogen (secondary N) is 1. The molecular weight excluding hydrogens is 322 g/mol. The molecule has 6 heteroatoms. The van der Waals surface area contributed by atoms with E-state index in [-0.39, 0.29) is 0 Å². The number of aliphatic hydroxyl groups is 1. The van der Waals surface area contributed by atoms with E-state index in [1.807, 2.05) is 38.0 Å². The molecule has 0 aromatic carbocycles. The summed E-state index contributed by atoms with van der Waals surface area (Å²) in [4.78, 5) is 7.72. The first-order valence-electron chi connectivity index (χ1n) is 8.31. The van der Waals surface area contributed by atoms with Gasteiger partial charge in [-0.2, -0.15) is 11.8 Å². The van der Waals surface area contributed by atoms with Crippen LogP contribution in [0.15, 0.2) is 23.0 Å². The standard InChI is InChI=1S/C18H21N3O2S/c1-10-16(11(2)23-21-10)13-7-14-15(9-20-18(14)19-8-13)17(22)12-3-5-24-6-4-12/h7-9,12,17,22H,3-6H2,1-2H3,(H,19,20). The SMILES string of the molecule is Cc1noc(C)c1-c1cnc2[nH]cc(C(O)C3CCSCC3)c2c1. The van der Waals surface area contributed by atoms with Crippen LogP contribution in [0.3, 0.4) is 0 Å². The van der Waals surface area contributed by atoms with Gasteiger partial charge in [0.15, 0.2) is 0 Å². The van der Waals surface area contributed by atoms with E-state index in [2.05, 4.69) is 21.2 Å². The molecule has 0 spiro atoms. The molecule has 24 heavy (non-hydrogen) atoms. The second kappa shape index (κ2) is 6.26. The lowest BCUT2D eigenvalue weighted by Gasteiger charge is -2.26. The van der Waals surface area contributed by atoms with Crippen molar-refractivity contribution < 1.29 is 9.63 Å². The number of aryl methyl sites for hydroxylation is 2. The number of rotatable bonds is 3. The predicted octanol–water partition coefficient (Wildman–Crippen LogP) is 4.01. The van der Waals surface area contributed by atoms with Crippen molar-refractivity contribution >= 4 is 22.8 Å². The molecule has 0 aliphatic carbocycles. The highest BCUT2D eigenvalue weighted by Crippen LogP contribution is 2.37. The molecule has 1 unspecified atom stereocenters. The van der Waals surface area contributed by atoms with Crippen molar-refractivity contribution in [3.05, 3.63) is 35.5 Å². The lowest BCUT2D eigenvalue weighted by molar-refractivity contribution is 0.104. The van der Waals surface area contributed by atoms with E-state index in [1.54, 1.807) is 0 Å². The van der Waals surface area contributed by atoms with Gasteiger partial charge in [0, 0.05) is 34.5 Å². The van der Waals surface area contributed by atoms with Crippen molar-refractivity contribution in [2.45, 2.75) is 32.8 Å². The normalized spacial score (nSPS) is 17.5. The van der Waals surface area contributed by atoms with E-state index >= 15 is 0 Å². The Hall–Kier alpha value is -1.79. The number of hydrogen-bond donors (Lipinski definition) is 2. The molecule has 1 aliphatic heterocycles. The Balaban J connectivity index is 1.76. The Bertz CT molecular complexity index is 845. The number of H-pyrrole nitrogens is 1. The van der Waals surface area contributed by atoms with Gasteiger partial charge in [-0.1, -0.05) is 5.16 Å². The minimum atomic E-state index is -0.443. The van der Waals surface area contributed by atoms with Crippen LogP contribution in [-0.4, -0.2) is 31.7 Å². The van der Waals surface area contributed by atoms with E-state index < -0.39 is 6.10 Å². The first kappa shape index (κ1) is 15.7. The van der Waals surface area contributed by atoms with E-state index in [0.29, 0.717) is 5.92 Å². The minimum absolute atomic E-state index is 0.327. The van der Waals surface area contributed by atoms with Crippen molar-refractivity contribution in [2.75, 3.05) is 11.5 Å². The van der Waals surface area contributed by atoms with Gasteiger partial charge in [0.2, 0.25) is 0 Å². The third-order valence-corrected chi connectivity index (χ3v) is 5.97. The summed E-state index contributed by atoms with van der Waals surface area (Å²) in [5.74, 6) is 3.38. The summed E-state index contributed by atoms with van der Waals surface area (Å²) in [5, 5.41) is 15.9. The van der Waals surface area contributed by atoms with Gasteiger partial charge in [0.05, 0.1) is 11.8 Å². The van der Waals surface area contributed by atoms with Gasteiger partial charge in [-0.25, -0.2) is 4.98 Å². The van der Waals surface area contributed by atoms with Gasteiger partial charge in [0.25, 0.3) is 0 Å². The maximum atomic E-state index is 10.9. The zero-order chi connectivity index (χ0) is 16.7. The Labute approximate surface area is 144 Å². The van der Waals surface area contributed by atoms with Crippen molar-refractivity contribution in [3.8, 4) is 11.1 Å². The number of thioether (sulfide) groups is 1. The van der Waals surface area contributed by atoms with Crippen LogP contribution in [0.2, 0.25) is 0 Å². The van der Waals surface area contributed by atoms with E-state index in [9.17, 15) is 5.11 Å². The highest BCUT2D eigenvalue weighted by Gasteiger charge is 2.26. The summed E-state index contributed by atoms with van der Waals surface area (Å²) in [6, 6.07) is 2.08. The number of hydrogen-bond acceptors (Lipinski definition) is 5. The molecule has 1 atom stereocenters. The fraction of sp³-hybridized carbons (Fsp3) is 0.444. The largest absolute Gasteiger partial charge is 0.388 e. The van der Waals surface area contributed by atoms with Crippen LogP contribution in [0.1, 0.15) is 36.0 Å². The lowest BCUT2D eigenvalue weighted by atomic mass is 9.90. The van der Waals surface area contributed by atoms with Crippen LogP contribution in [0.5, 0.6) is 0 Å². The molecule has 2 N–H and O–H groups in total. The second-order valence-corrected chi connectivity index (χ2v) is 7.68. The molecular formula is C18H21N3O2S. The maximum absolute atomic E-state index is 10.9. The lowest BCUT2D eigenvalue weighted by Crippen LogP contribution is -2.17. The zero-order valence-corrected chi connectivity index (χ0v) is 14.7. The van der Waals surface area contributed by atoms with Gasteiger partial charge < -0.3 is 14.6 Å². The third kappa shape index (κ3) is 2.63. The highest BCUT2D eigenvalue weighted by atomic mass is 32.2. The fourth-order valence-electron chi connectivity index (χ4n) is 3.59. The van der Waals surface area contributed by atoms with Crippen LogP contribution < -0.4 is 0 Å². The average molecular weight is 343 g/mol. The first-order chi connectivity index (χ1) is 11.6. The van der Waals surface area contributed by atoms with Crippen LogP contribution in [-0.2, 0) is 0 Å². The highest BCUT2D eigenvalue weighted by molar-refractivity contribution is 7.99. The molecule has 1 aliphatic rings. The first-order valence-corrected chi connectivity index (χ1v) is 9.46. The molecule has 1 fully saturated rings. The molecule has 3 aromatic rings. The van der Waals surface area contributed by atoms with Crippen LogP contribution in [0, 0.1) is 19.8 Å². The fourth-order valence-corrected chi connectivity index (χ4v) is 4.73. The van der Waals surface area contributed by atoms with E-state index in [1.165, 1.54) is 0 Å². The quantitative estimate of drug-likeness (QED) is 0.751. The maximum Gasteiger partial charge on any atom is 0.141 e. The van der Waals surface area contributed by atoms with Gasteiger partial charge in [0.1, 0.15) is 11.4 Å². The Morgan fingerprint density at radius 2 is 2.12 bits per heavy atom. The molecule has 0 bridgehead atoms. The minimum Gasteiger partial charge on any atom is -0.388 e. The summed E-state index contributed by atoms with van der Waals surface area (Å²) in [7, 11) is 0. The summed E-state index contributed by atoms with van der Waals surface area (Å²) < 4.78 is 5.28. The predicted molar refractivity (Wildman–Crippen MR) is 96.1 cm³/mol.